The lowest BCUT2D eigenvalue weighted by atomic mass is 9.81. The Labute approximate surface area is 182 Å². The average Bonchev–Trinajstić information content (AvgIpc) is 3.41. The molecule has 5 heteroatoms. The summed E-state index contributed by atoms with van der Waals surface area (Å²) < 4.78 is 5.53. The van der Waals surface area contributed by atoms with E-state index in [0.717, 1.165) is 24.8 Å². The van der Waals surface area contributed by atoms with Crippen molar-refractivity contribution in [2.75, 3.05) is 4.90 Å². The molecule has 3 fully saturated rings. The van der Waals surface area contributed by atoms with Gasteiger partial charge < -0.3 is 4.74 Å². The van der Waals surface area contributed by atoms with E-state index in [1.54, 1.807) is 36.4 Å². The maximum Gasteiger partial charge on any atom is 0.343 e. The molecule has 2 aliphatic carbocycles. The van der Waals surface area contributed by atoms with Gasteiger partial charge >= 0.3 is 5.97 Å². The topological polar surface area (TPSA) is 63.7 Å². The van der Waals surface area contributed by atoms with Gasteiger partial charge in [0.2, 0.25) is 11.8 Å². The highest BCUT2D eigenvalue weighted by Gasteiger charge is 2.61. The first-order valence-electron chi connectivity index (χ1n) is 11.0. The summed E-state index contributed by atoms with van der Waals surface area (Å²) in [5, 5.41) is 0. The Morgan fingerprint density at radius 2 is 1.55 bits per heavy atom. The number of hydrogen-bond donors (Lipinski definition) is 0. The second-order valence-electron chi connectivity index (χ2n) is 10.1. The summed E-state index contributed by atoms with van der Waals surface area (Å²) in [6.07, 6.45) is 3.08. The van der Waals surface area contributed by atoms with Crippen molar-refractivity contribution in [2.24, 2.45) is 23.7 Å². The van der Waals surface area contributed by atoms with Gasteiger partial charge in [0.25, 0.3) is 0 Å². The van der Waals surface area contributed by atoms with Crippen molar-refractivity contribution in [2.45, 2.75) is 45.4 Å². The van der Waals surface area contributed by atoms with E-state index < -0.39 is 5.97 Å². The quantitative estimate of drug-likeness (QED) is 0.411. The number of carbonyl (C=O) groups excluding carboxylic acids is 3. The molecule has 0 aromatic heterocycles. The van der Waals surface area contributed by atoms with Crippen molar-refractivity contribution < 1.29 is 19.1 Å². The Morgan fingerprint density at radius 1 is 0.935 bits per heavy atom. The van der Waals surface area contributed by atoms with Gasteiger partial charge in [-0.15, -0.1) is 0 Å². The van der Waals surface area contributed by atoms with E-state index in [0.29, 0.717) is 28.8 Å². The predicted octanol–water partition coefficient (Wildman–Crippen LogP) is 4.74. The zero-order valence-corrected chi connectivity index (χ0v) is 18.1. The molecule has 2 amide bonds. The normalized spacial score (nSPS) is 27.0. The van der Waals surface area contributed by atoms with Crippen LogP contribution in [0.25, 0.3) is 0 Å². The molecule has 2 aromatic rings. The molecule has 4 atom stereocenters. The predicted molar refractivity (Wildman–Crippen MR) is 117 cm³/mol. The molecule has 1 aliphatic heterocycles. The van der Waals surface area contributed by atoms with E-state index in [9.17, 15) is 14.4 Å². The van der Waals surface area contributed by atoms with Gasteiger partial charge in [0, 0.05) is 0 Å². The monoisotopic (exact) mass is 417 g/mol. The summed E-state index contributed by atoms with van der Waals surface area (Å²) in [5.74, 6) is 0.0521. The third-order valence-electron chi connectivity index (χ3n) is 7.20. The number of amides is 2. The van der Waals surface area contributed by atoms with E-state index in [1.807, 2.05) is 12.1 Å². The minimum Gasteiger partial charge on any atom is -0.423 e. The molecular weight excluding hydrogens is 390 g/mol. The molecule has 0 unspecified atom stereocenters. The van der Waals surface area contributed by atoms with Gasteiger partial charge in [0.15, 0.2) is 0 Å². The third kappa shape index (κ3) is 3.27. The van der Waals surface area contributed by atoms with Crippen LogP contribution in [0.2, 0.25) is 0 Å². The van der Waals surface area contributed by atoms with Crippen molar-refractivity contribution in [1.82, 2.24) is 0 Å². The van der Waals surface area contributed by atoms with Crippen molar-refractivity contribution >= 4 is 23.5 Å². The highest BCUT2D eigenvalue weighted by atomic mass is 16.5. The first-order chi connectivity index (χ1) is 14.7. The molecular formula is C26H27NO4. The fourth-order valence-electron chi connectivity index (χ4n) is 5.62. The van der Waals surface area contributed by atoms with Gasteiger partial charge in [-0.2, -0.15) is 0 Å². The SMILES string of the molecule is CC(C)(C)c1ccc(OC(=O)c2cccc(N3C(=O)[C@@H]4[C@H]5CC[C@H](C5)[C@@H]4C3=O)c2)cc1. The van der Waals surface area contributed by atoms with Crippen LogP contribution in [0.3, 0.4) is 0 Å². The van der Waals surface area contributed by atoms with Crippen molar-refractivity contribution in [3.63, 3.8) is 0 Å². The Balaban J connectivity index is 1.35. The second-order valence-corrected chi connectivity index (χ2v) is 10.1. The number of fused-ring (bicyclic) bond motifs is 5. The lowest BCUT2D eigenvalue weighted by Gasteiger charge is -2.19. The van der Waals surface area contributed by atoms with Gasteiger partial charge in [-0.1, -0.05) is 39.0 Å². The Hall–Kier alpha value is -2.95. The van der Waals surface area contributed by atoms with Crippen LogP contribution in [0.4, 0.5) is 5.69 Å². The molecule has 1 saturated heterocycles. The molecule has 2 aromatic carbocycles. The number of benzene rings is 2. The van der Waals surface area contributed by atoms with Gasteiger partial charge in [-0.3, -0.25) is 14.5 Å². The largest absolute Gasteiger partial charge is 0.423 e. The molecule has 1 heterocycles. The van der Waals surface area contributed by atoms with Crippen LogP contribution < -0.4 is 9.64 Å². The molecule has 0 N–H and O–H groups in total. The summed E-state index contributed by atoms with van der Waals surface area (Å²) in [6, 6.07) is 14.1. The standard InChI is InChI=1S/C26H27NO4/c1-26(2,3)18-9-11-20(12-10-18)31-25(30)17-5-4-6-19(14-17)27-23(28)21-15-7-8-16(13-15)22(21)24(27)29/h4-6,9-12,14-16,21-22H,7-8,13H2,1-3H3/t15-,16+,21+,22-. The maximum absolute atomic E-state index is 13.1. The van der Waals surface area contributed by atoms with Crippen LogP contribution in [0.1, 0.15) is 56.0 Å². The highest BCUT2D eigenvalue weighted by Crippen LogP contribution is 2.56. The summed E-state index contributed by atoms with van der Waals surface area (Å²) in [4.78, 5) is 40.1. The molecule has 160 valence electrons. The summed E-state index contributed by atoms with van der Waals surface area (Å²) >= 11 is 0. The van der Waals surface area contributed by atoms with E-state index in [-0.39, 0.29) is 29.1 Å². The van der Waals surface area contributed by atoms with Crippen LogP contribution in [0.15, 0.2) is 48.5 Å². The van der Waals surface area contributed by atoms with Gasteiger partial charge in [0.1, 0.15) is 5.75 Å². The molecule has 2 saturated carbocycles. The Kier molecular flexibility index (Phi) is 4.54. The highest BCUT2D eigenvalue weighted by molar-refractivity contribution is 6.22. The zero-order valence-electron chi connectivity index (χ0n) is 18.1. The number of carbonyl (C=O) groups is 3. The summed E-state index contributed by atoms with van der Waals surface area (Å²) in [6.45, 7) is 6.38. The molecule has 2 bridgehead atoms. The van der Waals surface area contributed by atoms with Crippen molar-refractivity contribution in [1.29, 1.82) is 0 Å². The lowest BCUT2D eigenvalue weighted by Crippen LogP contribution is -2.32. The molecule has 0 spiro atoms. The maximum atomic E-state index is 13.1. The molecule has 3 aliphatic rings. The summed E-state index contributed by atoms with van der Waals surface area (Å²) in [5.41, 5.74) is 1.95. The van der Waals surface area contributed by atoms with E-state index in [4.69, 9.17) is 4.74 Å². The zero-order chi connectivity index (χ0) is 21.9. The number of nitrogens with zero attached hydrogens (tertiary/aromatic N) is 1. The fraction of sp³-hybridized carbons (Fsp3) is 0.423. The van der Waals surface area contributed by atoms with Crippen molar-refractivity contribution in [3.8, 4) is 5.75 Å². The van der Waals surface area contributed by atoms with Crippen LogP contribution >= 0.6 is 0 Å². The van der Waals surface area contributed by atoms with Gasteiger partial charge in [0.05, 0.1) is 23.1 Å². The Bertz CT molecular complexity index is 1040. The second kappa shape index (κ2) is 7.04. The van der Waals surface area contributed by atoms with Gasteiger partial charge in [-0.25, -0.2) is 4.79 Å². The van der Waals surface area contributed by atoms with Crippen LogP contribution in [-0.4, -0.2) is 17.8 Å². The minimum atomic E-state index is -0.510. The van der Waals surface area contributed by atoms with Crippen LogP contribution in [0.5, 0.6) is 5.75 Å². The fourth-order valence-corrected chi connectivity index (χ4v) is 5.62. The molecule has 0 radical (unpaired) electrons. The van der Waals surface area contributed by atoms with Gasteiger partial charge in [-0.05, 0) is 72.4 Å². The molecule has 5 nitrogen and oxygen atoms in total. The molecule has 31 heavy (non-hydrogen) atoms. The minimum absolute atomic E-state index is 0.0173. The number of anilines is 1. The third-order valence-corrected chi connectivity index (χ3v) is 7.20. The van der Waals surface area contributed by atoms with E-state index in [1.165, 1.54) is 4.90 Å². The Morgan fingerprint density at radius 3 is 2.13 bits per heavy atom. The van der Waals surface area contributed by atoms with Crippen LogP contribution in [0, 0.1) is 23.7 Å². The first-order valence-corrected chi connectivity index (χ1v) is 11.0. The number of rotatable bonds is 3. The number of ether oxygens (including phenoxy) is 1. The van der Waals surface area contributed by atoms with Crippen molar-refractivity contribution in [3.05, 3.63) is 59.7 Å². The summed E-state index contributed by atoms with van der Waals surface area (Å²) in [7, 11) is 0. The first kappa shape index (κ1) is 20.0. The number of imide groups is 1. The number of hydrogen-bond acceptors (Lipinski definition) is 4. The lowest BCUT2D eigenvalue weighted by molar-refractivity contribution is -0.123. The smallest absolute Gasteiger partial charge is 0.343 e. The molecule has 5 rings (SSSR count). The van der Waals surface area contributed by atoms with E-state index in [2.05, 4.69) is 20.8 Å². The average molecular weight is 418 g/mol. The number of esters is 1. The van der Waals surface area contributed by atoms with E-state index >= 15 is 0 Å². The van der Waals surface area contributed by atoms with Crippen LogP contribution in [-0.2, 0) is 15.0 Å².